The fourth-order valence-electron chi connectivity index (χ4n) is 3.54. The van der Waals surface area contributed by atoms with Crippen molar-refractivity contribution in [1.29, 1.82) is 0 Å². The molecule has 3 aromatic rings. The number of aryl methyl sites for hydroxylation is 1. The average molecular weight is 368 g/mol. The van der Waals surface area contributed by atoms with Gasteiger partial charge in [-0.3, -0.25) is 9.59 Å². The monoisotopic (exact) mass is 368 g/mol. The van der Waals surface area contributed by atoms with Crippen molar-refractivity contribution in [3.63, 3.8) is 0 Å². The Hall–Kier alpha value is -3.58. The van der Waals surface area contributed by atoms with Crippen LogP contribution >= 0.6 is 0 Å². The molecule has 1 aromatic heterocycles. The lowest BCUT2D eigenvalue weighted by atomic mass is 9.94. The van der Waals surface area contributed by atoms with Crippen molar-refractivity contribution in [3.8, 4) is 11.8 Å². The van der Waals surface area contributed by atoms with Gasteiger partial charge in [-0.25, -0.2) is 0 Å². The molecule has 1 amide bonds. The number of benzene rings is 2. The molecule has 0 saturated heterocycles. The second-order valence-corrected chi connectivity index (χ2v) is 6.91. The van der Waals surface area contributed by atoms with Gasteiger partial charge in [-0.1, -0.05) is 36.1 Å². The molecule has 0 aliphatic heterocycles. The first-order valence-electron chi connectivity index (χ1n) is 9.35. The summed E-state index contributed by atoms with van der Waals surface area (Å²) in [6, 6.07) is 17.2. The van der Waals surface area contributed by atoms with Crippen LogP contribution < -0.4 is 5.32 Å². The molecule has 1 heterocycles. The number of nitrogens with one attached hydrogen (secondary N) is 2. The molecule has 2 N–H and O–H groups in total. The third-order valence-electron chi connectivity index (χ3n) is 4.91. The molecule has 0 unspecified atom stereocenters. The number of aromatic nitrogens is 1. The molecule has 4 heteroatoms. The van der Waals surface area contributed by atoms with E-state index in [2.05, 4.69) is 22.1 Å². The summed E-state index contributed by atoms with van der Waals surface area (Å²) in [4.78, 5) is 28.1. The smallest absolute Gasteiger partial charge is 0.272 e. The Morgan fingerprint density at radius 1 is 1.00 bits per heavy atom. The molecule has 138 valence electrons. The van der Waals surface area contributed by atoms with E-state index in [0.29, 0.717) is 23.4 Å². The lowest BCUT2D eigenvalue weighted by Gasteiger charge is -2.09. The molecule has 1 aliphatic rings. The van der Waals surface area contributed by atoms with Gasteiger partial charge in [-0.05, 0) is 55.7 Å². The van der Waals surface area contributed by atoms with Gasteiger partial charge >= 0.3 is 0 Å². The summed E-state index contributed by atoms with van der Waals surface area (Å²) in [5.74, 6) is 6.11. The zero-order valence-electron chi connectivity index (χ0n) is 15.6. The van der Waals surface area contributed by atoms with Gasteiger partial charge in [-0.15, -0.1) is 0 Å². The number of ketones is 1. The van der Waals surface area contributed by atoms with Crippen molar-refractivity contribution in [3.05, 3.63) is 88.2 Å². The molecule has 0 bridgehead atoms. The van der Waals surface area contributed by atoms with E-state index in [9.17, 15) is 9.59 Å². The molecule has 28 heavy (non-hydrogen) atoms. The number of Topliss-reactive ketones (excluding diaryl/α,β-unsaturated/α-hetero) is 1. The van der Waals surface area contributed by atoms with Crippen LogP contribution in [0.25, 0.3) is 0 Å². The number of hydrogen-bond acceptors (Lipinski definition) is 2. The van der Waals surface area contributed by atoms with Crippen molar-refractivity contribution in [2.75, 3.05) is 5.32 Å². The number of amides is 1. The highest BCUT2D eigenvalue weighted by Gasteiger charge is 2.26. The van der Waals surface area contributed by atoms with Crippen LogP contribution in [-0.2, 0) is 6.42 Å². The van der Waals surface area contributed by atoms with Gasteiger partial charge in [0.25, 0.3) is 5.91 Å². The maximum atomic E-state index is 12.8. The van der Waals surface area contributed by atoms with E-state index in [1.165, 1.54) is 0 Å². The molecule has 4 nitrogen and oxygen atoms in total. The van der Waals surface area contributed by atoms with Gasteiger partial charge < -0.3 is 10.3 Å². The second kappa shape index (κ2) is 7.58. The van der Waals surface area contributed by atoms with Gasteiger partial charge in [0.2, 0.25) is 0 Å². The van der Waals surface area contributed by atoms with Crippen LogP contribution in [0.5, 0.6) is 0 Å². The van der Waals surface area contributed by atoms with E-state index in [4.69, 9.17) is 0 Å². The van der Waals surface area contributed by atoms with E-state index in [0.717, 1.165) is 35.2 Å². The Bertz CT molecular complexity index is 1110. The summed E-state index contributed by atoms with van der Waals surface area (Å²) in [5, 5.41) is 2.91. The highest BCUT2D eigenvalue weighted by molar-refractivity contribution is 6.08. The number of H-pyrrole nitrogens is 1. The molecule has 0 radical (unpaired) electrons. The number of fused-ring (bicyclic) bond motifs is 1. The zero-order chi connectivity index (χ0) is 19.5. The number of hydrogen-bond donors (Lipinski definition) is 2. The highest BCUT2D eigenvalue weighted by atomic mass is 16.2. The molecular weight excluding hydrogens is 348 g/mol. The van der Waals surface area contributed by atoms with Crippen molar-refractivity contribution in [1.82, 2.24) is 4.98 Å². The largest absolute Gasteiger partial charge is 0.354 e. The van der Waals surface area contributed by atoms with Crippen LogP contribution in [0.15, 0.2) is 54.6 Å². The Kier molecular flexibility index (Phi) is 4.82. The number of carbonyl (C=O) groups is 2. The van der Waals surface area contributed by atoms with Gasteiger partial charge in [0.15, 0.2) is 5.78 Å². The van der Waals surface area contributed by atoms with Gasteiger partial charge in [0, 0.05) is 34.5 Å². The first-order valence-corrected chi connectivity index (χ1v) is 9.35. The standard InChI is InChI=1S/C24H20N2O2/c1-16-22-20(11-6-12-21(22)27)26-23(16)24(28)25-19-10-5-9-18(15-19)14-13-17-7-3-2-4-8-17/h2-5,7-10,15,26H,6,11-12H2,1H3,(H,25,28). The predicted molar refractivity (Wildman–Crippen MR) is 110 cm³/mol. The zero-order valence-corrected chi connectivity index (χ0v) is 15.6. The van der Waals surface area contributed by atoms with Gasteiger partial charge in [-0.2, -0.15) is 0 Å². The van der Waals surface area contributed by atoms with Crippen LogP contribution in [0.3, 0.4) is 0 Å². The molecule has 0 saturated carbocycles. The molecule has 0 fully saturated rings. The van der Waals surface area contributed by atoms with Crippen molar-refractivity contribution < 1.29 is 9.59 Å². The predicted octanol–water partition coefficient (Wildman–Crippen LogP) is 4.49. The summed E-state index contributed by atoms with van der Waals surface area (Å²) < 4.78 is 0. The summed E-state index contributed by atoms with van der Waals surface area (Å²) in [7, 11) is 0. The summed E-state index contributed by atoms with van der Waals surface area (Å²) >= 11 is 0. The first-order chi connectivity index (χ1) is 13.6. The Balaban J connectivity index is 1.55. The fraction of sp³-hybridized carbons (Fsp3) is 0.167. The SMILES string of the molecule is Cc1c(C(=O)Nc2cccc(C#Cc3ccccc3)c2)[nH]c2c1C(=O)CCC2. The van der Waals surface area contributed by atoms with Crippen LogP contribution in [0.1, 0.15) is 56.1 Å². The minimum absolute atomic E-state index is 0.118. The van der Waals surface area contributed by atoms with Crippen LogP contribution in [-0.4, -0.2) is 16.7 Å². The van der Waals surface area contributed by atoms with E-state index >= 15 is 0 Å². The highest BCUT2D eigenvalue weighted by Crippen LogP contribution is 2.27. The van der Waals surface area contributed by atoms with Crippen molar-refractivity contribution >= 4 is 17.4 Å². The molecule has 2 aromatic carbocycles. The maximum absolute atomic E-state index is 12.8. The second-order valence-electron chi connectivity index (χ2n) is 6.91. The van der Waals surface area contributed by atoms with Crippen molar-refractivity contribution in [2.24, 2.45) is 0 Å². The molecule has 0 atom stereocenters. The van der Waals surface area contributed by atoms with E-state index in [1.54, 1.807) is 0 Å². The lowest BCUT2D eigenvalue weighted by molar-refractivity contribution is 0.0971. The molecule has 4 rings (SSSR count). The quantitative estimate of drug-likeness (QED) is 0.655. The molecule has 1 aliphatic carbocycles. The van der Waals surface area contributed by atoms with Crippen LogP contribution in [0.2, 0.25) is 0 Å². The number of anilines is 1. The van der Waals surface area contributed by atoms with Crippen molar-refractivity contribution in [2.45, 2.75) is 26.2 Å². The third-order valence-corrected chi connectivity index (χ3v) is 4.91. The normalized spacial score (nSPS) is 12.7. The fourth-order valence-corrected chi connectivity index (χ4v) is 3.54. The summed E-state index contributed by atoms with van der Waals surface area (Å²) in [5.41, 5.74) is 5.19. The summed E-state index contributed by atoms with van der Waals surface area (Å²) in [6.45, 7) is 1.83. The Morgan fingerprint density at radius 2 is 1.75 bits per heavy atom. The van der Waals surface area contributed by atoms with E-state index in [-0.39, 0.29) is 11.7 Å². The number of rotatable bonds is 2. The first kappa shape index (κ1) is 17.8. The van der Waals surface area contributed by atoms with Crippen LogP contribution in [0.4, 0.5) is 5.69 Å². The minimum atomic E-state index is -0.243. The minimum Gasteiger partial charge on any atom is -0.354 e. The van der Waals surface area contributed by atoms with E-state index < -0.39 is 0 Å². The average Bonchev–Trinajstić information content (AvgIpc) is 3.05. The Morgan fingerprint density at radius 3 is 2.54 bits per heavy atom. The number of carbonyl (C=O) groups excluding carboxylic acids is 2. The number of aromatic amines is 1. The van der Waals surface area contributed by atoms with E-state index in [1.807, 2.05) is 61.5 Å². The Labute approximate surface area is 164 Å². The molecule has 0 spiro atoms. The third kappa shape index (κ3) is 3.60. The molecular formula is C24H20N2O2. The van der Waals surface area contributed by atoms with Gasteiger partial charge in [0.05, 0.1) is 0 Å². The van der Waals surface area contributed by atoms with Gasteiger partial charge in [0.1, 0.15) is 5.69 Å². The lowest BCUT2D eigenvalue weighted by Crippen LogP contribution is -2.14. The maximum Gasteiger partial charge on any atom is 0.272 e. The topological polar surface area (TPSA) is 62.0 Å². The van der Waals surface area contributed by atoms with Crippen LogP contribution in [0, 0.1) is 18.8 Å². The summed E-state index contributed by atoms with van der Waals surface area (Å²) in [6.07, 6.45) is 2.18.